The lowest BCUT2D eigenvalue weighted by molar-refractivity contribution is -0.137. The molecule has 0 unspecified atom stereocenters. The summed E-state index contributed by atoms with van der Waals surface area (Å²) in [4.78, 5) is 0. The quantitative estimate of drug-likeness (QED) is 0.454. The summed E-state index contributed by atoms with van der Waals surface area (Å²) in [6.07, 6.45) is -4.57. The third kappa shape index (κ3) is 4.09. The maximum absolute atomic E-state index is 13.5. The second kappa shape index (κ2) is 6.99. The molecule has 0 aliphatic rings. The number of hydrogen-bond acceptors (Lipinski definition) is 1. The van der Waals surface area contributed by atoms with Crippen LogP contribution in [0.5, 0.6) is 0 Å². The van der Waals surface area contributed by atoms with Crippen molar-refractivity contribution in [1.82, 2.24) is 5.32 Å². The van der Waals surface area contributed by atoms with Crippen molar-refractivity contribution in [3.05, 3.63) is 69.5 Å². The number of nitrogens with one attached hydrogen (secondary N) is 1. The van der Waals surface area contributed by atoms with Crippen molar-refractivity contribution in [2.24, 2.45) is 0 Å². The highest BCUT2D eigenvalue weighted by Crippen LogP contribution is 2.30. The van der Waals surface area contributed by atoms with E-state index in [1.807, 2.05) is 0 Å². The molecular weight excluding hydrogens is 358 g/mol. The average molecular weight is 369 g/mol. The second-order valence-electron chi connectivity index (χ2n) is 5.36. The van der Waals surface area contributed by atoms with Crippen LogP contribution in [0.3, 0.4) is 0 Å². The summed E-state index contributed by atoms with van der Waals surface area (Å²) in [7, 11) is 0. The normalized spacial score (nSPS) is 11.9. The van der Waals surface area contributed by atoms with Crippen molar-refractivity contribution in [2.45, 2.75) is 26.2 Å². The SMILES string of the molecule is Cc1cc(CNCc2c(F)c(F)c(F)c(F)c2F)cc(C(F)(F)F)c1. The molecule has 2 rings (SSSR count). The fourth-order valence-corrected chi connectivity index (χ4v) is 2.27. The van der Waals surface area contributed by atoms with Crippen molar-refractivity contribution >= 4 is 0 Å². The van der Waals surface area contributed by atoms with Gasteiger partial charge in [0.2, 0.25) is 5.82 Å². The number of halogens is 8. The smallest absolute Gasteiger partial charge is 0.308 e. The number of rotatable bonds is 4. The van der Waals surface area contributed by atoms with Gasteiger partial charge in [0.1, 0.15) is 0 Å². The summed E-state index contributed by atoms with van der Waals surface area (Å²) in [6, 6.07) is 3.16. The molecule has 0 aliphatic heterocycles. The van der Waals surface area contributed by atoms with Crippen LogP contribution in [0.2, 0.25) is 0 Å². The highest BCUT2D eigenvalue weighted by Gasteiger charge is 2.31. The average Bonchev–Trinajstić information content (AvgIpc) is 2.53. The van der Waals surface area contributed by atoms with Gasteiger partial charge in [-0.1, -0.05) is 11.6 Å². The van der Waals surface area contributed by atoms with E-state index in [0.717, 1.165) is 12.1 Å². The van der Waals surface area contributed by atoms with Crippen LogP contribution >= 0.6 is 0 Å². The van der Waals surface area contributed by atoms with Crippen LogP contribution < -0.4 is 5.32 Å². The second-order valence-corrected chi connectivity index (χ2v) is 5.36. The van der Waals surface area contributed by atoms with E-state index in [4.69, 9.17) is 0 Å². The Balaban J connectivity index is 2.19. The summed E-state index contributed by atoms with van der Waals surface area (Å²) >= 11 is 0. The van der Waals surface area contributed by atoms with E-state index in [-0.39, 0.29) is 12.1 Å². The Bertz CT molecular complexity index is 769. The van der Waals surface area contributed by atoms with Crippen LogP contribution in [0.4, 0.5) is 35.1 Å². The van der Waals surface area contributed by atoms with Gasteiger partial charge < -0.3 is 5.32 Å². The number of benzene rings is 2. The Labute approximate surface area is 137 Å². The lowest BCUT2D eigenvalue weighted by atomic mass is 10.1. The molecule has 0 saturated carbocycles. The number of alkyl halides is 3. The van der Waals surface area contributed by atoms with Gasteiger partial charge in [-0.05, 0) is 24.6 Å². The van der Waals surface area contributed by atoms with Gasteiger partial charge in [0.15, 0.2) is 23.3 Å². The molecule has 0 aromatic heterocycles. The van der Waals surface area contributed by atoms with E-state index in [1.54, 1.807) is 0 Å². The minimum absolute atomic E-state index is 0.149. The van der Waals surface area contributed by atoms with Crippen LogP contribution in [0.25, 0.3) is 0 Å². The maximum Gasteiger partial charge on any atom is 0.416 e. The van der Waals surface area contributed by atoms with E-state index < -0.39 is 52.9 Å². The van der Waals surface area contributed by atoms with Crippen LogP contribution in [0.15, 0.2) is 18.2 Å². The largest absolute Gasteiger partial charge is 0.416 e. The molecule has 0 amide bonds. The van der Waals surface area contributed by atoms with Gasteiger partial charge in [0.25, 0.3) is 0 Å². The summed E-state index contributed by atoms with van der Waals surface area (Å²) in [5, 5.41) is 2.38. The van der Waals surface area contributed by atoms with Gasteiger partial charge in [-0.15, -0.1) is 0 Å². The Hall–Kier alpha value is -2.16. The number of aryl methyl sites for hydroxylation is 1. The van der Waals surface area contributed by atoms with E-state index in [1.165, 1.54) is 13.0 Å². The lowest BCUT2D eigenvalue weighted by Gasteiger charge is -2.12. The highest BCUT2D eigenvalue weighted by atomic mass is 19.4. The Morgan fingerprint density at radius 3 is 1.80 bits per heavy atom. The predicted molar refractivity (Wildman–Crippen MR) is 73.0 cm³/mol. The zero-order chi connectivity index (χ0) is 18.9. The Morgan fingerprint density at radius 2 is 1.28 bits per heavy atom. The minimum Gasteiger partial charge on any atom is -0.308 e. The molecule has 0 aliphatic carbocycles. The van der Waals surface area contributed by atoms with Crippen LogP contribution in [-0.2, 0) is 19.3 Å². The van der Waals surface area contributed by atoms with Gasteiger partial charge in [-0.3, -0.25) is 0 Å². The van der Waals surface area contributed by atoms with Crippen molar-refractivity contribution in [1.29, 1.82) is 0 Å². The molecular formula is C16H11F8N. The summed E-state index contributed by atoms with van der Waals surface area (Å²) in [6.45, 7) is 0.425. The zero-order valence-corrected chi connectivity index (χ0v) is 12.7. The summed E-state index contributed by atoms with van der Waals surface area (Å²) in [5.74, 6) is -10.4. The summed E-state index contributed by atoms with van der Waals surface area (Å²) in [5.41, 5.74) is -1.53. The van der Waals surface area contributed by atoms with Crippen LogP contribution in [0, 0.1) is 36.0 Å². The monoisotopic (exact) mass is 369 g/mol. The first-order valence-corrected chi connectivity index (χ1v) is 6.91. The highest BCUT2D eigenvalue weighted by molar-refractivity contribution is 5.31. The molecule has 0 heterocycles. The molecule has 1 N–H and O–H groups in total. The molecule has 0 spiro atoms. The van der Waals surface area contributed by atoms with Crippen LogP contribution in [-0.4, -0.2) is 0 Å². The Morgan fingerprint density at radius 1 is 0.760 bits per heavy atom. The minimum atomic E-state index is -4.57. The van der Waals surface area contributed by atoms with Gasteiger partial charge in [0, 0.05) is 18.7 Å². The molecule has 0 fully saturated rings. The maximum atomic E-state index is 13.5. The van der Waals surface area contributed by atoms with E-state index in [2.05, 4.69) is 5.32 Å². The van der Waals surface area contributed by atoms with Crippen molar-refractivity contribution in [3.63, 3.8) is 0 Å². The lowest BCUT2D eigenvalue weighted by Crippen LogP contribution is -2.18. The third-order valence-corrected chi connectivity index (χ3v) is 3.40. The fraction of sp³-hybridized carbons (Fsp3) is 0.250. The van der Waals surface area contributed by atoms with E-state index >= 15 is 0 Å². The molecule has 0 saturated heterocycles. The molecule has 0 radical (unpaired) electrons. The molecule has 1 nitrogen and oxygen atoms in total. The van der Waals surface area contributed by atoms with E-state index in [0.29, 0.717) is 5.56 Å². The molecule has 2 aromatic carbocycles. The van der Waals surface area contributed by atoms with Crippen molar-refractivity contribution < 1.29 is 35.1 Å². The first kappa shape index (κ1) is 19.2. The zero-order valence-electron chi connectivity index (χ0n) is 12.7. The van der Waals surface area contributed by atoms with Crippen LogP contribution in [0.1, 0.15) is 22.3 Å². The first-order chi connectivity index (χ1) is 11.5. The van der Waals surface area contributed by atoms with Crippen molar-refractivity contribution in [3.8, 4) is 0 Å². The topological polar surface area (TPSA) is 12.0 Å². The van der Waals surface area contributed by atoms with Gasteiger partial charge in [-0.2, -0.15) is 13.2 Å². The third-order valence-electron chi connectivity index (χ3n) is 3.40. The predicted octanol–water partition coefficient (Wildman–Crippen LogP) is 5.00. The van der Waals surface area contributed by atoms with Crippen molar-refractivity contribution in [2.75, 3.05) is 0 Å². The standard InChI is InChI=1S/C16H11F8N/c1-7-2-8(4-9(3-7)16(22,23)24)5-25-6-10-11(17)13(19)15(21)14(20)12(10)18/h2-4,25H,5-6H2,1H3. The Kier molecular flexibility index (Phi) is 5.36. The fourth-order valence-electron chi connectivity index (χ4n) is 2.27. The van der Waals surface area contributed by atoms with Gasteiger partial charge in [0.05, 0.1) is 5.56 Å². The molecule has 136 valence electrons. The molecule has 0 atom stereocenters. The molecule has 2 aromatic rings. The molecule has 9 heteroatoms. The summed E-state index contributed by atoms with van der Waals surface area (Å²) < 4.78 is 104. The van der Waals surface area contributed by atoms with Gasteiger partial charge >= 0.3 is 6.18 Å². The van der Waals surface area contributed by atoms with Gasteiger partial charge in [-0.25, -0.2) is 22.0 Å². The number of hydrogen-bond donors (Lipinski definition) is 1. The molecule has 0 bridgehead atoms. The van der Waals surface area contributed by atoms with E-state index in [9.17, 15) is 35.1 Å². The molecule has 25 heavy (non-hydrogen) atoms. The first-order valence-electron chi connectivity index (χ1n) is 6.91.